The minimum Gasteiger partial charge on any atom is -0.323 e. The van der Waals surface area contributed by atoms with Gasteiger partial charge in [0.2, 0.25) is 5.91 Å². The van der Waals surface area contributed by atoms with Crippen molar-refractivity contribution < 1.29 is 13.2 Å². The quantitative estimate of drug-likeness (QED) is 0.485. The fraction of sp³-hybridized carbons (Fsp3) is 0.174. The van der Waals surface area contributed by atoms with E-state index in [1.165, 1.54) is 12.1 Å². The molecule has 3 aromatic rings. The molecule has 5 nitrogen and oxygen atoms in total. The van der Waals surface area contributed by atoms with Crippen LogP contribution in [0.2, 0.25) is 0 Å². The first-order valence-electron chi connectivity index (χ1n) is 9.51. The molecule has 1 N–H and O–H groups in total. The summed E-state index contributed by atoms with van der Waals surface area (Å²) in [4.78, 5) is 12.9. The van der Waals surface area contributed by atoms with Crippen LogP contribution in [0.3, 0.4) is 0 Å². The van der Waals surface area contributed by atoms with Crippen molar-refractivity contribution in [2.24, 2.45) is 0 Å². The molecule has 7 heteroatoms. The Morgan fingerprint density at radius 1 is 0.933 bits per heavy atom. The molecule has 0 saturated carbocycles. The Kier molecular flexibility index (Phi) is 6.95. The Balaban J connectivity index is 1.95. The molecule has 0 atom stereocenters. The number of carbonyl (C=O) groups is 1. The molecule has 0 aliphatic rings. The lowest BCUT2D eigenvalue weighted by Crippen LogP contribution is -2.38. The standard InChI is InChI=1S/C23H23BrN2O3S/c1-17(2)18-12-14-19(15-13-18)26(30(28,29)20-8-4-3-5-9-20)16-23(27)25-22-11-7-6-10-21(22)24/h3-15,17H,16H2,1-2H3,(H,25,27). The van der Waals surface area contributed by atoms with Crippen molar-refractivity contribution in [3.63, 3.8) is 0 Å². The maximum atomic E-state index is 13.3. The van der Waals surface area contributed by atoms with Crippen LogP contribution in [0.4, 0.5) is 11.4 Å². The third-order valence-electron chi connectivity index (χ3n) is 4.61. The van der Waals surface area contributed by atoms with Crippen LogP contribution in [-0.4, -0.2) is 20.9 Å². The highest BCUT2D eigenvalue weighted by Crippen LogP contribution is 2.26. The van der Waals surface area contributed by atoms with E-state index < -0.39 is 15.9 Å². The van der Waals surface area contributed by atoms with Crippen molar-refractivity contribution in [1.82, 2.24) is 0 Å². The number of para-hydroxylation sites is 1. The number of hydrogen-bond acceptors (Lipinski definition) is 3. The minimum atomic E-state index is -3.92. The molecule has 0 aromatic heterocycles. The Bertz CT molecular complexity index is 1110. The monoisotopic (exact) mass is 486 g/mol. The zero-order valence-corrected chi connectivity index (χ0v) is 19.2. The molecule has 0 bridgehead atoms. The van der Waals surface area contributed by atoms with Crippen LogP contribution >= 0.6 is 15.9 Å². The predicted octanol–water partition coefficient (Wildman–Crippen LogP) is 5.41. The third kappa shape index (κ3) is 5.09. The van der Waals surface area contributed by atoms with Gasteiger partial charge in [0.1, 0.15) is 6.54 Å². The van der Waals surface area contributed by atoms with Crippen molar-refractivity contribution in [3.05, 3.63) is 88.9 Å². The number of amides is 1. The van der Waals surface area contributed by atoms with E-state index in [1.54, 1.807) is 48.5 Å². The molecule has 3 rings (SSSR count). The number of benzene rings is 3. The van der Waals surface area contributed by atoms with E-state index in [0.717, 1.165) is 14.3 Å². The van der Waals surface area contributed by atoms with E-state index in [9.17, 15) is 13.2 Å². The van der Waals surface area contributed by atoms with Crippen molar-refractivity contribution in [3.8, 4) is 0 Å². The van der Waals surface area contributed by atoms with Gasteiger partial charge in [0, 0.05) is 4.47 Å². The first kappa shape index (κ1) is 22.1. The van der Waals surface area contributed by atoms with Gasteiger partial charge in [-0.05, 0) is 63.8 Å². The van der Waals surface area contributed by atoms with E-state index >= 15 is 0 Å². The van der Waals surface area contributed by atoms with Gasteiger partial charge >= 0.3 is 0 Å². The molecule has 0 aliphatic carbocycles. The van der Waals surface area contributed by atoms with Crippen molar-refractivity contribution in [1.29, 1.82) is 0 Å². The lowest BCUT2D eigenvalue weighted by atomic mass is 10.0. The van der Waals surface area contributed by atoms with Gasteiger partial charge in [0.15, 0.2) is 0 Å². The largest absolute Gasteiger partial charge is 0.323 e. The number of nitrogens with one attached hydrogen (secondary N) is 1. The summed E-state index contributed by atoms with van der Waals surface area (Å²) in [6.45, 7) is 3.79. The van der Waals surface area contributed by atoms with Crippen LogP contribution in [-0.2, 0) is 14.8 Å². The molecule has 0 heterocycles. The van der Waals surface area contributed by atoms with E-state index in [1.807, 2.05) is 18.2 Å². The van der Waals surface area contributed by atoms with Crippen LogP contribution < -0.4 is 9.62 Å². The molecular weight excluding hydrogens is 464 g/mol. The van der Waals surface area contributed by atoms with Gasteiger partial charge in [-0.3, -0.25) is 9.10 Å². The van der Waals surface area contributed by atoms with E-state index in [4.69, 9.17) is 0 Å². The number of hydrogen-bond donors (Lipinski definition) is 1. The second-order valence-corrected chi connectivity index (χ2v) is 9.82. The molecule has 0 aliphatic heterocycles. The number of anilines is 2. The average molecular weight is 487 g/mol. The highest BCUT2D eigenvalue weighted by Gasteiger charge is 2.27. The van der Waals surface area contributed by atoms with Gasteiger partial charge in [0.05, 0.1) is 16.3 Å². The minimum absolute atomic E-state index is 0.131. The molecular formula is C23H23BrN2O3S. The van der Waals surface area contributed by atoms with Crippen LogP contribution in [0.5, 0.6) is 0 Å². The molecule has 156 valence electrons. The smallest absolute Gasteiger partial charge is 0.264 e. The zero-order valence-electron chi connectivity index (χ0n) is 16.7. The lowest BCUT2D eigenvalue weighted by Gasteiger charge is -2.24. The number of nitrogens with zero attached hydrogens (tertiary/aromatic N) is 1. The molecule has 0 unspecified atom stereocenters. The second-order valence-electron chi connectivity index (χ2n) is 7.10. The number of carbonyl (C=O) groups excluding carboxylic acids is 1. The molecule has 30 heavy (non-hydrogen) atoms. The van der Waals surface area contributed by atoms with Gasteiger partial charge in [-0.25, -0.2) is 8.42 Å². The van der Waals surface area contributed by atoms with Crippen molar-refractivity contribution in [2.75, 3.05) is 16.2 Å². The summed E-state index contributed by atoms with van der Waals surface area (Å²) < 4.78 is 28.5. The topological polar surface area (TPSA) is 66.5 Å². The lowest BCUT2D eigenvalue weighted by molar-refractivity contribution is -0.114. The van der Waals surface area contributed by atoms with Crippen LogP contribution in [0.25, 0.3) is 0 Å². The highest BCUT2D eigenvalue weighted by atomic mass is 79.9. The van der Waals surface area contributed by atoms with Gasteiger partial charge in [-0.1, -0.05) is 56.3 Å². The molecule has 3 aromatic carbocycles. The maximum absolute atomic E-state index is 13.3. The van der Waals surface area contributed by atoms with E-state index in [2.05, 4.69) is 35.1 Å². The zero-order chi connectivity index (χ0) is 21.7. The van der Waals surface area contributed by atoms with E-state index in [0.29, 0.717) is 17.3 Å². The number of rotatable bonds is 7. The Morgan fingerprint density at radius 2 is 1.53 bits per heavy atom. The Hall–Kier alpha value is -2.64. The normalized spacial score (nSPS) is 11.3. The van der Waals surface area contributed by atoms with Gasteiger partial charge in [0.25, 0.3) is 10.0 Å². The van der Waals surface area contributed by atoms with Gasteiger partial charge < -0.3 is 5.32 Å². The highest BCUT2D eigenvalue weighted by molar-refractivity contribution is 9.10. The number of sulfonamides is 1. The first-order chi connectivity index (χ1) is 14.3. The predicted molar refractivity (Wildman–Crippen MR) is 124 cm³/mol. The fourth-order valence-corrected chi connectivity index (χ4v) is 4.77. The molecule has 0 spiro atoms. The first-order valence-corrected chi connectivity index (χ1v) is 11.7. The van der Waals surface area contributed by atoms with Crippen LogP contribution in [0, 0.1) is 0 Å². The van der Waals surface area contributed by atoms with Crippen LogP contribution in [0.1, 0.15) is 25.3 Å². The molecule has 1 amide bonds. The number of halogens is 1. The summed E-state index contributed by atoms with van der Waals surface area (Å²) in [6, 6.07) is 22.6. The summed E-state index contributed by atoms with van der Waals surface area (Å²) in [7, 11) is -3.92. The molecule has 0 fully saturated rings. The maximum Gasteiger partial charge on any atom is 0.264 e. The third-order valence-corrected chi connectivity index (χ3v) is 7.09. The van der Waals surface area contributed by atoms with Gasteiger partial charge in [-0.15, -0.1) is 0 Å². The van der Waals surface area contributed by atoms with Gasteiger partial charge in [-0.2, -0.15) is 0 Å². The summed E-state index contributed by atoms with van der Waals surface area (Å²) >= 11 is 3.39. The van der Waals surface area contributed by atoms with E-state index in [-0.39, 0.29) is 11.4 Å². The van der Waals surface area contributed by atoms with Crippen LogP contribution in [0.15, 0.2) is 88.2 Å². The summed E-state index contributed by atoms with van der Waals surface area (Å²) in [5, 5.41) is 2.77. The second kappa shape index (κ2) is 9.45. The molecule has 0 saturated heterocycles. The van der Waals surface area contributed by atoms with Crippen molar-refractivity contribution in [2.45, 2.75) is 24.7 Å². The summed E-state index contributed by atoms with van der Waals surface area (Å²) in [6.07, 6.45) is 0. The summed E-state index contributed by atoms with van der Waals surface area (Å²) in [5.74, 6) is -0.119. The average Bonchev–Trinajstić information content (AvgIpc) is 2.74. The Labute approximate surface area is 185 Å². The summed E-state index contributed by atoms with van der Waals surface area (Å²) in [5.41, 5.74) is 2.11. The Morgan fingerprint density at radius 3 is 2.13 bits per heavy atom. The fourth-order valence-electron chi connectivity index (χ4n) is 2.94. The van der Waals surface area contributed by atoms with Crippen molar-refractivity contribution >= 4 is 43.2 Å². The SMILES string of the molecule is CC(C)c1ccc(N(CC(=O)Nc2ccccc2Br)S(=O)(=O)c2ccccc2)cc1. The molecule has 0 radical (unpaired) electrons.